The number of phenols is 1. The van der Waals surface area contributed by atoms with Crippen LogP contribution in [-0.2, 0) is 18.9 Å². The summed E-state index contributed by atoms with van der Waals surface area (Å²) >= 11 is 0. The van der Waals surface area contributed by atoms with E-state index in [-0.39, 0.29) is 49.2 Å². The molecular weight excluding hydrogens is 596 g/mol. The van der Waals surface area contributed by atoms with Crippen LogP contribution in [0.25, 0.3) is 43.5 Å². The summed E-state index contributed by atoms with van der Waals surface area (Å²) in [5.41, 5.74) is -1.50. The number of fused-ring (bicyclic) bond motifs is 2. The van der Waals surface area contributed by atoms with Crippen LogP contribution in [0.15, 0.2) is 54.8 Å². The van der Waals surface area contributed by atoms with E-state index < -0.39 is 78.4 Å². The molecule has 5 aromatic rings. The molecule has 0 amide bonds. The Morgan fingerprint density at radius 3 is 2.13 bits per heavy atom. The van der Waals surface area contributed by atoms with Gasteiger partial charge in [-0.15, -0.1) is 0 Å². The highest BCUT2D eigenvalue weighted by molar-refractivity contribution is 6.28. The van der Waals surface area contributed by atoms with Crippen LogP contribution in [0.4, 0.5) is 0 Å². The molecule has 3 aromatic carbocycles. The number of aliphatic hydroxyl groups excluding tert-OH is 4. The van der Waals surface area contributed by atoms with Crippen molar-refractivity contribution < 1.29 is 58.1 Å². The summed E-state index contributed by atoms with van der Waals surface area (Å²) in [6.45, 7) is 3.06. The molecule has 2 aliphatic heterocycles. The lowest BCUT2D eigenvalue weighted by atomic mass is 9.97. The van der Waals surface area contributed by atoms with E-state index in [0.717, 1.165) is 0 Å². The number of hydrogen-bond donors (Lipinski definition) is 5. The van der Waals surface area contributed by atoms with Crippen LogP contribution in [-0.4, -0.2) is 94.1 Å². The largest absolute Gasteiger partial charge is 0.506 e. The van der Waals surface area contributed by atoms with Gasteiger partial charge >= 0.3 is 11.3 Å². The van der Waals surface area contributed by atoms with E-state index in [0.29, 0.717) is 0 Å². The second-order valence-electron chi connectivity index (χ2n) is 11.4. The zero-order valence-electron chi connectivity index (χ0n) is 24.1. The van der Waals surface area contributed by atoms with E-state index in [1.807, 2.05) is 0 Å². The molecule has 0 bridgehead atoms. The Bertz CT molecular complexity index is 2020. The van der Waals surface area contributed by atoms with Crippen LogP contribution in [0, 0.1) is 0 Å². The Labute approximate surface area is 252 Å². The molecule has 14 nitrogen and oxygen atoms in total. The van der Waals surface area contributed by atoms with Crippen molar-refractivity contribution in [2.45, 2.75) is 75.3 Å². The summed E-state index contributed by atoms with van der Waals surface area (Å²) in [4.78, 5) is 26.2. The van der Waals surface area contributed by atoms with Crippen molar-refractivity contribution >= 4 is 43.5 Å². The van der Waals surface area contributed by atoms with Crippen molar-refractivity contribution in [1.82, 2.24) is 0 Å². The Balaban J connectivity index is 1.37. The molecule has 14 heteroatoms. The summed E-state index contributed by atoms with van der Waals surface area (Å²) in [5.74, 6) is -0.429. The number of methoxy groups -OCH3 is 1. The molecule has 2 fully saturated rings. The molecule has 0 saturated carbocycles. The molecule has 7 rings (SSSR count). The molecule has 2 aromatic heterocycles. The quantitative estimate of drug-likeness (QED) is 0.105. The van der Waals surface area contributed by atoms with Gasteiger partial charge in [-0.2, -0.15) is 0 Å². The zero-order valence-corrected chi connectivity index (χ0v) is 24.1. The Morgan fingerprint density at radius 1 is 0.689 bits per heavy atom. The van der Waals surface area contributed by atoms with Crippen molar-refractivity contribution in [3.05, 3.63) is 57.2 Å². The van der Waals surface area contributed by atoms with Gasteiger partial charge in [-0.05, 0) is 32.0 Å². The van der Waals surface area contributed by atoms with Gasteiger partial charge in [0.1, 0.15) is 53.0 Å². The summed E-state index contributed by atoms with van der Waals surface area (Å²) in [5, 5.41) is 54.9. The highest BCUT2D eigenvalue weighted by Gasteiger charge is 2.50. The number of ether oxygens (including phenoxy) is 5. The smallest absolute Gasteiger partial charge is 0.348 e. The number of phenolic OH excluding ortho intramolecular Hbond substituents is 1. The molecule has 5 N–H and O–H groups in total. The van der Waals surface area contributed by atoms with Gasteiger partial charge in [0.25, 0.3) is 0 Å². The van der Waals surface area contributed by atoms with Crippen molar-refractivity contribution in [2.75, 3.05) is 7.11 Å². The van der Waals surface area contributed by atoms with Gasteiger partial charge in [0.15, 0.2) is 18.0 Å². The van der Waals surface area contributed by atoms with Crippen LogP contribution in [0.3, 0.4) is 0 Å². The standard InChI is InChI=1S/C31H30O14/c1-10-20(32)23(35)27(45-30-24(36)26(39-3)21(33)11(2)40-30)31(41-10)43-15-9-4-6-12-17(15)25-18-16-13(28(37)44-25)7-5-8-14(16)42-29(38)19(18)22(12)34/h4-11,20-21,23-24,26-27,30-36H,1-3H3/t10?,11?,20-,21-,23-,24+,26?,27?,30+,31-/m0/s1. The van der Waals surface area contributed by atoms with E-state index in [1.165, 1.54) is 44.4 Å². The first kappa shape index (κ1) is 29.8. The maximum atomic E-state index is 13.1. The van der Waals surface area contributed by atoms with Gasteiger partial charge < -0.3 is 58.1 Å². The molecule has 10 atom stereocenters. The second kappa shape index (κ2) is 10.9. The molecule has 0 spiro atoms. The molecule has 4 heterocycles. The van der Waals surface area contributed by atoms with Gasteiger partial charge in [0.05, 0.1) is 23.0 Å². The topological polar surface area (TPSA) is 208 Å². The molecule has 0 radical (unpaired) electrons. The first-order valence-corrected chi connectivity index (χ1v) is 14.3. The zero-order chi connectivity index (χ0) is 31.9. The van der Waals surface area contributed by atoms with E-state index >= 15 is 0 Å². The van der Waals surface area contributed by atoms with Crippen LogP contribution < -0.4 is 16.0 Å². The Morgan fingerprint density at radius 2 is 1.38 bits per heavy atom. The SMILES string of the molecule is COC1[C@@H](O)C(C)O[C@H](OC2[C@H](Oc3cccc4c(O)c5c(=O)oc6cccc7c(=O)oc(c34)c5c67)OC(C)[C@H](O)[C@@H]2O)[C@@H]1O. The Hall–Kier alpha value is -3.86. The molecular formula is C31H30O14. The van der Waals surface area contributed by atoms with Crippen LogP contribution >= 0.6 is 0 Å². The minimum Gasteiger partial charge on any atom is -0.506 e. The third-order valence-corrected chi connectivity index (χ3v) is 8.69. The number of rotatable bonds is 5. The fourth-order valence-electron chi connectivity index (χ4n) is 6.34. The van der Waals surface area contributed by atoms with E-state index in [2.05, 4.69) is 0 Å². The molecule has 2 aliphatic rings. The molecule has 4 unspecified atom stereocenters. The number of hydrogen-bond acceptors (Lipinski definition) is 14. The van der Waals surface area contributed by atoms with Gasteiger partial charge in [-0.25, -0.2) is 9.59 Å². The lowest BCUT2D eigenvalue weighted by Gasteiger charge is -2.46. The van der Waals surface area contributed by atoms with Crippen molar-refractivity contribution in [3.8, 4) is 11.5 Å². The van der Waals surface area contributed by atoms with E-state index in [4.69, 9.17) is 32.5 Å². The number of aromatic hydroxyl groups is 1. The molecule has 0 aliphatic carbocycles. The summed E-state index contributed by atoms with van der Waals surface area (Å²) in [6.07, 6.45) is -12.9. The molecule has 2 saturated heterocycles. The second-order valence-corrected chi connectivity index (χ2v) is 11.4. The van der Waals surface area contributed by atoms with E-state index in [1.54, 1.807) is 13.0 Å². The highest BCUT2D eigenvalue weighted by Crippen LogP contribution is 2.45. The van der Waals surface area contributed by atoms with Gasteiger partial charge in [-0.3, -0.25) is 0 Å². The Kier molecular flexibility index (Phi) is 7.22. The normalized spacial score (nSPS) is 32.6. The maximum Gasteiger partial charge on any atom is 0.348 e. The molecule has 45 heavy (non-hydrogen) atoms. The number of benzene rings is 3. The van der Waals surface area contributed by atoms with Gasteiger partial charge in [0.2, 0.25) is 6.29 Å². The number of aliphatic hydroxyl groups is 4. The first-order valence-electron chi connectivity index (χ1n) is 14.3. The fraction of sp³-hybridized carbons (Fsp3) is 0.419. The minimum atomic E-state index is -1.60. The summed E-state index contributed by atoms with van der Waals surface area (Å²) in [6, 6.07) is 9.08. The van der Waals surface area contributed by atoms with Gasteiger partial charge in [0, 0.05) is 23.3 Å². The van der Waals surface area contributed by atoms with Crippen LogP contribution in [0.5, 0.6) is 11.5 Å². The maximum absolute atomic E-state index is 13.1. The highest BCUT2D eigenvalue weighted by atomic mass is 16.8. The lowest BCUT2D eigenvalue weighted by molar-refractivity contribution is -0.353. The average Bonchev–Trinajstić information content (AvgIpc) is 3.01. The third-order valence-electron chi connectivity index (χ3n) is 8.69. The average molecular weight is 627 g/mol. The minimum absolute atomic E-state index is 0.00586. The van der Waals surface area contributed by atoms with Crippen LogP contribution in [0.1, 0.15) is 13.8 Å². The first-order chi connectivity index (χ1) is 21.5. The monoisotopic (exact) mass is 626 g/mol. The van der Waals surface area contributed by atoms with Crippen molar-refractivity contribution in [2.24, 2.45) is 0 Å². The van der Waals surface area contributed by atoms with E-state index in [9.17, 15) is 35.1 Å². The third kappa shape index (κ3) is 4.48. The summed E-state index contributed by atoms with van der Waals surface area (Å²) < 4.78 is 40.2. The predicted octanol–water partition coefficient (Wildman–Crippen LogP) is 1.06. The molecule has 238 valence electrons. The van der Waals surface area contributed by atoms with Crippen molar-refractivity contribution in [1.29, 1.82) is 0 Å². The summed E-state index contributed by atoms with van der Waals surface area (Å²) in [7, 11) is 1.30. The lowest BCUT2D eigenvalue weighted by Crippen LogP contribution is -2.64. The van der Waals surface area contributed by atoms with Gasteiger partial charge in [-0.1, -0.05) is 18.2 Å². The fourth-order valence-corrected chi connectivity index (χ4v) is 6.34. The van der Waals surface area contributed by atoms with Crippen molar-refractivity contribution in [3.63, 3.8) is 0 Å². The van der Waals surface area contributed by atoms with Crippen LogP contribution in [0.2, 0.25) is 0 Å². The predicted molar refractivity (Wildman–Crippen MR) is 155 cm³/mol.